The van der Waals surface area contributed by atoms with Gasteiger partial charge in [0.05, 0.1) is 5.41 Å². The third-order valence-electron chi connectivity index (χ3n) is 16.9. The third-order valence-corrected chi connectivity index (χ3v) is 16.9. The first-order chi connectivity index (χ1) is 56.1. The van der Waals surface area contributed by atoms with Crippen LogP contribution in [0.3, 0.4) is 0 Å². The van der Waals surface area contributed by atoms with E-state index < -0.39 is 5.54 Å². The van der Waals surface area contributed by atoms with Crippen molar-refractivity contribution in [2.45, 2.75) is 199 Å². The summed E-state index contributed by atoms with van der Waals surface area (Å²) in [6, 6.07) is 120. The maximum Gasteiger partial charge on any atom is 0.260 e. The van der Waals surface area contributed by atoms with E-state index in [0.717, 1.165) is 34.4 Å². The number of rotatable bonds is 8. The molecule has 0 bridgehead atoms. The maximum atomic E-state index is 13.7. The van der Waals surface area contributed by atoms with Gasteiger partial charge < -0.3 is 28.4 Å². The molecule has 0 N–H and O–H groups in total. The van der Waals surface area contributed by atoms with Crippen LogP contribution in [0.5, 0.6) is 0 Å². The number of fused-ring (bicyclic) bond motifs is 5. The normalized spacial score (nSPS) is 11.4. The van der Waals surface area contributed by atoms with Gasteiger partial charge in [0.2, 0.25) is 0 Å². The molecule has 8 heteroatoms. The van der Waals surface area contributed by atoms with Crippen molar-refractivity contribution in [2.24, 2.45) is 0 Å². The van der Waals surface area contributed by atoms with Crippen LogP contribution in [0.1, 0.15) is 260 Å². The zero-order chi connectivity index (χ0) is 86.0. The van der Waals surface area contributed by atoms with Crippen LogP contribution in [0, 0.1) is 0 Å². The lowest BCUT2D eigenvalue weighted by atomic mass is 9.68. The zero-order valence-corrected chi connectivity index (χ0v) is 74.9. The second-order valence-corrected chi connectivity index (χ2v) is 23.4. The first-order valence-corrected chi connectivity index (χ1v) is 40.7. The Balaban J connectivity index is -0.000000159. The molecule has 122 heavy (non-hydrogen) atoms. The van der Waals surface area contributed by atoms with E-state index in [1.165, 1.54) is 61.2 Å². The topological polar surface area (TPSA) is 75.7 Å². The largest absolute Gasteiger partial charge is 0.388 e. The van der Waals surface area contributed by atoms with Gasteiger partial charge >= 0.3 is 0 Å². The molecular weight excluding hydrogens is 1500 g/mol. The Morgan fingerprint density at radius 3 is 0.746 bits per heavy atom. The monoisotopic (exact) mass is 1670 g/mol. The average Bonchev–Trinajstić information content (AvgIpc) is 1.54. The summed E-state index contributed by atoms with van der Waals surface area (Å²) in [5.41, 5.74) is 18.8. The first kappa shape index (κ1) is 133. The van der Waals surface area contributed by atoms with Crippen molar-refractivity contribution in [2.75, 3.05) is 90.2 Å². The molecule has 12 aromatic rings. The SMILES string of the molecule is C.C.C.C.C.C.C.C.CC.CC.CC.CC.CC.CC.CC.CC.COC.COC.COC.COC.COC.COC.O=C1c2ccccc2C(c2ccccc2)(c2ccccc2)N1c1ccccc1.c1ccc(C2(c3ccccc3)c3ccccc3-c3ccccc32)cc1.c1ccc(C2CC(c3ccccc3)(c3ccccc3)c3ccccc32)cc1. The highest BCUT2D eigenvalue weighted by Gasteiger charge is 2.53. The number of amides is 1. The lowest BCUT2D eigenvalue weighted by Crippen LogP contribution is -2.46. The van der Waals surface area contributed by atoms with Crippen molar-refractivity contribution >= 4 is 11.6 Å². The van der Waals surface area contributed by atoms with Crippen LogP contribution >= 0.6 is 0 Å². The molecule has 2 aliphatic carbocycles. The highest BCUT2D eigenvalue weighted by atomic mass is 16.5. The molecule has 0 spiro atoms. The number of anilines is 1. The minimum Gasteiger partial charge on any atom is -0.388 e. The Bertz CT molecular complexity index is 4000. The lowest BCUT2D eigenvalue weighted by molar-refractivity contribution is 0.0986. The molecule has 15 rings (SSSR count). The van der Waals surface area contributed by atoms with E-state index in [9.17, 15) is 4.79 Å². The number of carbonyl (C=O) groups is 1. The van der Waals surface area contributed by atoms with Gasteiger partial charge in [0.25, 0.3) is 5.91 Å². The van der Waals surface area contributed by atoms with Gasteiger partial charge in [-0.05, 0) is 103 Å². The van der Waals surface area contributed by atoms with Gasteiger partial charge in [-0.15, -0.1) is 0 Å². The average molecular weight is 1670 g/mol. The minimum atomic E-state index is -0.711. The highest BCUT2D eigenvalue weighted by Crippen LogP contribution is 2.58. The van der Waals surface area contributed by atoms with Gasteiger partial charge in [0, 0.05) is 108 Å². The van der Waals surface area contributed by atoms with Crippen LogP contribution in [-0.2, 0) is 44.8 Å². The van der Waals surface area contributed by atoms with Crippen molar-refractivity contribution < 1.29 is 33.2 Å². The number of para-hydroxylation sites is 1. The van der Waals surface area contributed by atoms with Gasteiger partial charge in [-0.3, -0.25) is 9.69 Å². The van der Waals surface area contributed by atoms with Crippen molar-refractivity contribution in [3.05, 3.63) is 412 Å². The van der Waals surface area contributed by atoms with Gasteiger partial charge in [0.1, 0.15) is 5.54 Å². The second-order valence-electron chi connectivity index (χ2n) is 23.4. The summed E-state index contributed by atoms with van der Waals surface area (Å²) in [6.45, 7) is 32.0. The number of ether oxygens (including phenoxy) is 6. The standard InChI is InChI=1S/C27H22.C26H19NO.C25H18.6C2H6O.8C2H6.8CH4/c1-4-12-21(13-5-1)25-20-27(22-14-6-2-7-15-22,23-16-8-3-9-17-23)26-19-11-10-18-24(25)26;28-25-23-18-10-11-19-24(23)26(20-12-4-1-5-13-20,21-14-6-2-7-15-21)27(25)22-16-8-3-9-17-22;1-3-11-19(12-4-1)25(20-13-5-2-6-14-20)23-17-9-7-15-21(23)22-16-8-10-18-24(22)25;6*1-3-2;8*1-2;;;;;;;;/h1-19,25H,20H2;1-19H;1-18H;6*1-2H3;8*1-2H3;8*1H4. The molecule has 0 fully saturated rings. The van der Waals surface area contributed by atoms with E-state index >= 15 is 0 Å². The summed E-state index contributed by atoms with van der Waals surface area (Å²) in [4.78, 5) is 15.6. The summed E-state index contributed by atoms with van der Waals surface area (Å²) in [5.74, 6) is 0.428. The quantitative estimate of drug-likeness (QED) is 0.150. The third kappa shape index (κ3) is 35.0. The molecule has 1 amide bonds. The molecule has 1 aliphatic heterocycles. The van der Waals surface area contributed by atoms with Crippen molar-refractivity contribution in [1.82, 2.24) is 0 Å². The van der Waals surface area contributed by atoms with Crippen LogP contribution in [0.25, 0.3) is 11.1 Å². The summed E-state index contributed by atoms with van der Waals surface area (Å²) >= 11 is 0. The van der Waals surface area contributed by atoms with Gasteiger partial charge in [-0.25, -0.2) is 0 Å². The smallest absolute Gasteiger partial charge is 0.260 e. The zero-order valence-electron chi connectivity index (χ0n) is 74.9. The molecule has 0 saturated carbocycles. The number of benzene rings is 12. The Kier molecular flexibility index (Phi) is 88.9. The molecule has 3 aliphatic rings. The minimum absolute atomic E-state index is 0. The summed E-state index contributed by atoms with van der Waals surface area (Å²) in [5, 5.41) is 0. The van der Waals surface area contributed by atoms with E-state index in [4.69, 9.17) is 0 Å². The molecule has 0 aromatic heterocycles. The van der Waals surface area contributed by atoms with Crippen molar-refractivity contribution in [3.63, 3.8) is 0 Å². The summed E-state index contributed by atoms with van der Waals surface area (Å²) in [7, 11) is 19.5. The van der Waals surface area contributed by atoms with Crippen molar-refractivity contribution in [3.8, 4) is 11.1 Å². The van der Waals surface area contributed by atoms with Crippen LogP contribution in [0.4, 0.5) is 5.69 Å². The van der Waals surface area contributed by atoms with E-state index in [2.05, 4.69) is 283 Å². The molecule has 1 atom stereocenters. The number of carbonyl (C=O) groups excluding carboxylic acids is 1. The molecule has 678 valence electrons. The van der Waals surface area contributed by atoms with E-state index in [1.54, 1.807) is 85.3 Å². The van der Waals surface area contributed by atoms with Crippen LogP contribution < -0.4 is 4.90 Å². The van der Waals surface area contributed by atoms with E-state index in [1.807, 2.05) is 201 Å². The summed E-state index contributed by atoms with van der Waals surface area (Å²) < 4.78 is 25.5. The number of nitrogens with zero attached hydrogens (tertiary/aromatic N) is 1. The first-order valence-electron chi connectivity index (χ1n) is 40.7. The predicted octanol–water partition coefficient (Wildman–Crippen LogP) is 33.1. The summed E-state index contributed by atoms with van der Waals surface area (Å²) in [6.07, 6.45) is 1.06. The Morgan fingerprint density at radius 2 is 0.451 bits per heavy atom. The van der Waals surface area contributed by atoms with Crippen LogP contribution in [0.15, 0.2) is 340 Å². The molecule has 8 nitrogen and oxygen atoms in total. The Hall–Kier alpha value is -10.1. The van der Waals surface area contributed by atoms with Gasteiger partial charge in [-0.1, -0.05) is 492 Å². The van der Waals surface area contributed by atoms with Crippen molar-refractivity contribution in [1.29, 1.82) is 0 Å². The van der Waals surface area contributed by atoms with Gasteiger partial charge in [0.15, 0.2) is 0 Å². The fraction of sp³-hybridized carbons (Fsp3) is 0.360. The molecule has 0 radical (unpaired) electrons. The van der Waals surface area contributed by atoms with E-state index in [-0.39, 0.29) is 76.2 Å². The number of methoxy groups -OCH3 is 6. The predicted molar refractivity (Wildman–Crippen MR) is 551 cm³/mol. The Labute approximate surface area is 752 Å². The molecule has 0 saturated heterocycles. The number of hydrogen-bond donors (Lipinski definition) is 0. The van der Waals surface area contributed by atoms with E-state index in [0.29, 0.717) is 5.92 Å². The lowest BCUT2D eigenvalue weighted by Gasteiger charge is -2.40. The maximum absolute atomic E-state index is 13.7. The van der Waals surface area contributed by atoms with Crippen LogP contribution in [-0.4, -0.2) is 91.2 Å². The molecule has 12 aromatic carbocycles. The molecular formula is C114H175NO7. The fourth-order valence-electron chi connectivity index (χ4n) is 13.6. The molecule has 1 unspecified atom stereocenters. The second kappa shape index (κ2) is 81.9. The molecule has 1 heterocycles. The Morgan fingerprint density at radius 1 is 0.238 bits per heavy atom. The van der Waals surface area contributed by atoms with Gasteiger partial charge in [-0.2, -0.15) is 0 Å². The van der Waals surface area contributed by atoms with Crippen LogP contribution in [0.2, 0.25) is 0 Å². The fourth-order valence-corrected chi connectivity index (χ4v) is 13.6. The highest BCUT2D eigenvalue weighted by molar-refractivity contribution is 6.13. The number of hydrogen-bond acceptors (Lipinski definition) is 7.